The predicted octanol–water partition coefficient (Wildman–Crippen LogP) is 0.809. The van der Waals surface area contributed by atoms with Crippen molar-refractivity contribution in [2.45, 2.75) is 13.0 Å². The Morgan fingerprint density at radius 2 is 2.60 bits per heavy atom. The van der Waals surface area contributed by atoms with Crippen LogP contribution in [0.5, 0.6) is 6.08 Å². The van der Waals surface area contributed by atoms with Crippen molar-refractivity contribution in [2.75, 3.05) is 26.9 Å². The van der Waals surface area contributed by atoms with Gasteiger partial charge in [-0.25, -0.2) is 0 Å². The van der Waals surface area contributed by atoms with E-state index in [0.29, 0.717) is 25.1 Å². The number of nitrogens with one attached hydrogen (secondary N) is 1. The summed E-state index contributed by atoms with van der Waals surface area (Å²) in [6.07, 6.45) is 3.02. The van der Waals surface area contributed by atoms with Gasteiger partial charge in [0.2, 0.25) is 0 Å². The average molecular weight is 212 g/mol. The third-order valence-corrected chi connectivity index (χ3v) is 2.36. The van der Waals surface area contributed by atoms with Crippen LogP contribution < -0.4 is 10.1 Å². The molecular formula is C10H16N2O3. The van der Waals surface area contributed by atoms with Crippen molar-refractivity contribution in [1.82, 2.24) is 10.3 Å². The topological polar surface area (TPSA) is 56.5 Å². The van der Waals surface area contributed by atoms with Gasteiger partial charge in [0.25, 0.3) is 0 Å². The Hall–Kier alpha value is -1.07. The van der Waals surface area contributed by atoms with Gasteiger partial charge in [-0.15, -0.1) is 0 Å². The lowest BCUT2D eigenvalue weighted by atomic mass is 10.1. The highest BCUT2D eigenvalue weighted by atomic mass is 16.6. The summed E-state index contributed by atoms with van der Waals surface area (Å²) >= 11 is 0. The molecular weight excluding hydrogens is 196 g/mol. The molecule has 1 atom stereocenters. The number of hydrogen-bond acceptors (Lipinski definition) is 5. The molecule has 0 spiro atoms. The molecule has 5 heteroatoms. The zero-order valence-corrected chi connectivity index (χ0v) is 8.86. The smallest absolute Gasteiger partial charge is 0.393 e. The molecule has 1 aliphatic heterocycles. The van der Waals surface area contributed by atoms with E-state index in [-0.39, 0.29) is 0 Å². The lowest BCUT2D eigenvalue weighted by Gasteiger charge is -2.05. The SMILES string of the molecule is CNCc1coc(OCC2CCOC2)n1. The summed E-state index contributed by atoms with van der Waals surface area (Å²) in [5.74, 6) is 0.477. The minimum absolute atomic E-state index is 0.354. The van der Waals surface area contributed by atoms with Gasteiger partial charge >= 0.3 is 6.08 Å². The van der Waals surface area contributed by atoms with Crippen LogP contribution in [0.4, 0.5) is 0 Å². The molecule has 0 amide bonds. The van der Waals surface area contributed by atoms with E-state index in [1.807, 2.05) is 7.05 Å². The molecule has 84 valence electrons. The highest BCUT2D eigenvalue weighted by Crippen LogP contribution is 2.15. The van der Waals surface area contributed by atoms with Gasteiger partial charge in [0.05, 0.1) is 18.9 Å². The second kappa shape index (κ2) is 5.14. The van der Waals surface area contributed by atoms with E-state index in [0.717, 1.165) is 25.3 Å². The molecule has 0 saturated carbocycles. The first-order chi connectivity index (χ1) is 7.38. The maximum atomic E-state index is 5.43. The second-order valence-electron chi connectivity index (χ2n) is 3.68. The first-order valence-electron chi connectivity index (χ1n) is 5.18. The molecule has 1 aromatic heterocycles. The van der Waals surface area contributed by atoms with Crippen molar-refractivity contribution < 1.29 is 13.9 Å². The Kier molecular flexibility index (Phi) is 3.58. The van der Waals surface area contributed by atoms with E-state index in [2.05, 4.69) is 10.3 Å². The van der Waals surface area contributed by atoms with Gasteiger partial charge in [0.1, 0.15) is 6.26 Å². The molecule has 1 unspecified atom stereocenters. The summed E-state index contributed by atoms with van der Waals surface area (Å²) in [6, 6.07) is 0. The molecule has 1 aromatic rings. The van der Waals surface area contributed by atoms with E-state index in [4.69, 9.17) is 13.9 Å². The van der Waals surface area contributed by atoms with Gasteiger partial charge in [-0.2, -0.15) is 4.98 Å². The fourth-order valence-corrected chi connectivity index (χ4v) is 1.52. The fourth-order valence-electron chi connectivity index (χ4n) is 1.52. The van der Waals surface area contributed by atoms with Crippen LogP contribution in [-0.4, -0.2) is 31.9 Å². The number of nitrogens with zero attached hydrogens (tertiary/aromatic N) is 1. The van der Waals surface area contributed by atoms with Gasteiger partial charge < -0.3 is 19.2 Å². The molecule has 0 aliphatic carbocycles. The molecule has 1 aliphatic rings. The summed E-state index contributed by atoms with van der Waals surface area (Å²) < 4.78 is 15.8. The molecule has 5 nitrogen and oxygen atoms in total. The van der Waals surface area contributed by atoms with E-state index in [1.165, 1.54) is 0 Å². The van der Waals surface area contributed by atoms with Crippen LogP contribution in [0.25, 0.3) is 0 Å². The summed E-state index contributed by atoms with van der Waals surface area (Å²) in [5, 5.41) is 3.00. The van der Waals surface area contributed by atoms with Crippen molar-refractivity contribution in [3.05, 3.63) is 12.0 Å². The van der Waals surface area contributed by atoms with Crippen molar-refractivity contribution in [3.8, 4) is 6.08 Å². The minimum atomic E-state index is 0.354. The summed E-state index contributed by atoms with van der Waals surface area (Å²) in [5.41, 5.74) is 0.857. The standard InChI is InChI=1S/C10H16N2O3/c1-11-4-9-7-15-10(12-9)14-6-8-2-3-13-5-8/h7-8,11H,2-6H2,1H3. The van der Waals surface area contributed by atoms with Crippen LogP contribution in [0.3, 0.4) is 0 Å². The van der Waals surface area contributed by atoms with Gasteiger partial charge in [0, 0.05) is 19.1 Å². The Bertz CT molecular complexity index is 295. The van der Waals surface area contributed by atoms with Crippen molar-refractivity contribution >= 4 is 0 Å². The monoisotopic (exact) mass is 212 g/mol. The first kappa shape index (κ1) is 10.4. The van der Waals surface area contributed by atoms with E-state index < -0.39 is 0 Å². The maximum Gasteiger partial charge on any atom is 0.393 e. The quantitative estimate of drug-likeness (QED) is 0.782. The largest absolute Gasteiger partial charge is 0.450 e. The normalized spacial score (nSPS) is 20.7. The number of rotatable bonds is 5. The van der Waals surface area contributed by atoms with Crippen molar-refractivity contribution in [2.24, 2.45) is 5.92 Å². The van der Waals surface area contributed by atoms with Gasteiger partial charge in [-0.05, 0) is 13.5 Å². The van der Waals surface area contributed by atoms with Crippen LogP contribution in [0.15, 0.2) is 10.7 Å². The van der Waals surface area contributed by atoms with Gasteiger partial charge in [0.15, 0.2) is 0 Å². The van der Waals surface area contributed by atoms with Crippen LogP contribution in [-0.2, 0) is 11.3 Å². The Labute approximate surface area is 88.8 Å². The minimum Gasteiger partial charge on any atom is -0.450 e. The first-order valence-corrected chi connectivity index (χ1v) is 5.18. The fraction of sp³-hybridized carbons (Fsp3) is 0.700. The third kappa shape index (κ3) is 2.94. The highest BCUT2D eigenvalue weighted by molar-refractivity contribution is 4.99. The number of ether oxygens (including phenoxy) is 2. The van der Waals surface area contributed by atoms with Crippen molar-refractivity contribution in [3.63, 3.8) is 0 Å². The molecule has 0 radical (unpaired) electrons. The van der Waals surface area contributed by atoms with Gasteiger partial charge in [-0.1, -0.05) is 0 Å². The number of hydrogen-bond donors (Lipinski definition) is 1. The summed E-state index contributed by atoms with van der Waals surface area (Å²) in [7, 11) is 1.87. The number of aromatic nitrogens is 1. The second-order valence-corrected chi connectivity index (χ2v) is 3.68. The predicted molar refractivity (Wildman–Crippen MR) is 53.7 cm³/mol. The average Bonchev–Trinajstić information content (AvgIpc) is 2.85. The van der Waals surface area contributed by atoms with E-state index >= 15 is 0 Å². The molecule has 15 heavy (non-hydrogen) atoms. The highest BCUT2D eigenvalue weighted by Gasteiger charge is 2.17. The van der Waals surface area contributed by atoms with Crippen LogP contribution in [0, 0.1) is 5.92 Å². The van der Waals surface area contributed by atoms with Crippen LogP contribution in [0.1, 0.15) is 12.1 Å². The number of oxazole rings is 1. The van der Waals surface area contributed by atoms with E-state index in [9.17, 15) is 0 Å². The third-order valence-electron chi connectivity index (χ3n) is 2.36. The zero-order chi connectivity index (χ0) is 10.5. The van der Waals surface area contributed by atoms with E-state index in [1.54, 1.807) is 6.26 Å². The molecule has 1 saturated heterocycles. The molecule has 0 aromatic carbocycles. The lowest BCUT2D eigenvalue weighted by molar-refractivity contribution is 0.151. The van der Waals surface area contributed by atoms with Gasteiger partial charge in [-0.3, -0.25) is 0 Å². The van der Waals surface area contributed by atoms with Crippen LogP contribution >= 0.6 is 0 Å². The molecule has 0 bridgehead atoms. The summed E-state index contributed by atoms with van der Waals surface area (Å²) in [4.78, 5) is 4.17. The van der Waals surface area contributed by atoms with Crippen LogP contribution in [0.2, 0.25) is 0 Å². The Morgan fingerprint density at radius 3 is 3.33 bits per heavy atom. The molecule has 2 heterocycles. The molecule has 2 rings (SSSR count). The Balaban J connectivity index is 1.77. The summed E-state index contributed by atoms with van der Waals surface area (Å²) in [6.45, 7) is 2.94. The maximum absolute atomic E-state index is 5.43. The zero-order valence-electron chi connectivity index (χ0n) is 8.86. The van der Waals surface area contributed by atoms with Crippen molar-refractivity contribution in [1.29, 1.82) is 0 Å². The molecule has 1 fully saturated rings. The molecule has 1 N–H and O–H groups in total. The Morgan fingerprint density at radius 1 is 1.67 bits per heavy atom. The lowest BCUT2D eigenvalue weighted by Crippen LogP contribution is -2.12.